The van der Waals surface area contributed by atoms with Crippen molar-refractivity contribution in [1.82, 2.24) is 0 Å². The number of rotatable bonds is 6. The smallest absolute Gasteiger partial charge is 0.299 e. The van der Waals surface area contributed by atoms with E-state index in [9.17, 15) is 20.2 Å². The molecule has 2 N–H and O–H groups in total. The van der Waals surface area contributed by atoms with Crippen LogP contribution in [0.15, 0.2) is 18.2 Å². The fourth-order valence-electron chi connectivity index (χ4n) is 1.28. The Morgan fingerprint density at radius 2 is 2.00 bits per heavy atom. The van der Waals surface area contributed by atoms with Crippen LogP contribution in [0.2, 0.25) is 0 Å². The zero-order valence-corrected chi connectivity index (χ0v) is 9.70. The third kappa shape index (κ3) is 3.39. The van der Waals surface area contributed by atoms with Gasteiger partial charge < -0.3 is 10.4 Å². The van der Waals surface area contributed by atoms with Gasteiger partial charge in [-0.25, -0.2) is 0 Å². The zero-order chi connectivity index (χ0) is 13.7. The maximum Gasteiger partial charge on any atom is 0.299 e. The first-order chi connectivity index (χ1) is 8.45. The van der Waals surface area contributed by atoms with E-state index in [4.69, 9.17) is 5.11 Å². The number of hydrogen-bond donors (Lipinski definition) is 2. The van der Waals surface area contributed by atoms with Crippen LogP contribution in [0.1, 0.15) is 6.92 Å². The average Bonchev–Trinajstić information content (AvgIpc) is 2.35. The molecule has 18 heavy (non-hydrogen) atoms. The number of non-ortho nitro benzene ring substituents is 1. The summed E-state index contributed by atoms with van der Waals surface area (Å²) in [6.07, 6.45) is 0. The molecule has 8 heteroatoms. The minimum absolute atomic E-state index is 0.0478. The highest BCUT2D eigenvalue weighted by Gasteiger charge is 2.19. The molecule has 0 bridgehead atoms. The summed E-state index contributed by atoms with van der Waals surface area (Å²) < 4.78 is 0. The number of nitro benzene ring substituents is 2. The molecule has 0 aliphatic rings. The van der Waals surface area contributed by atoms with Gasteiger partial charge in [0, 0.05) is 19.2 Å². The second-order valence-corrected chi connectivity index (χ2v) is 3.88. The normalized spacial score (nSPS) is 11.9. The number of anilines is 1. The molecule has 0 saturated heterocycles. The minimum atomic E-state index is -0.687. The van der Waals surface area contributed by atoms with Crippen LogP contribution in [-0.2, 0) is 0 Å². The molecule has 0 aliphatic carbocycles. The van der Waals surface area contributed by atoms with Crippen LogP contribution in [0.5, 0.6) is 0 Å². The van der Waals surface area contributed by atoms with E-state index in [1.165, 1.54) is 12.1 Å². The Labute approximate surface area is 103 Å². The Hall–Kier alpha value is -2.22. The summed E-state index contributed by atoms with van der Waals surface area (Å²) in [7, 11) is 0. The van der Waals surface area contributed by atoms with Crippen molar-refractivity contribution in [1.29, 1.82) is 0 Å². The lowest BCUT2D eigenvalue weighted by Gasteiger charge is -2.10. The molecule has 0 aromatic heterocycles. The molecular formula is C10H13N3O5. The number of nitrogens with one attached hydrogen (secondary N) is 1. The molecule has 0 fully saturated rings. The first kappa shape index (κ1) is 13.8. The Bertz CT molecular complexity index is 463. The van der Waals surface area contributed by atoms with Gasteiger partial charge in [-0.1, -0.05) is 6.92 Å². The number of hydrogen-bond acceptors (Lipinski definition) is 6. The van der Waals surface area contributed by atoms with Crippen LogP contribution in [0.4, 0.5) is 17.1 Å². The van der Waals surface area contributed by atoms with Gasteiger partial charge in [0.2, 0.25) is 0 Å². The number of benzene rings is 1. The summed E-state index contributed by atoms with van der Waals surface area (Å²) in [5.74, 6) is -0.0696. The molecule has 98 valence electrons. The van der Waals surface area contributed by atoms with Gasteiger partial charge >= 0.3 is 0 Å². The monoisotopic (exact) mass is 255 g/mol. The van der Waals surface area contributed by atoms with Crippen LogP contribution >= 0.6 is 0 Å². The van der Waals surface area contributed by atoms with Gasteiger partial charge in [-0.2, -0.15) is 0 Å². The van der Waals surface area contributed by atoms with E-state index in [1.54, 1.807) is 6.92 Å². The lowest BCUT2D eigenvalue weighted by atomic mass is 10.2. The maximum absolute atomic E-state index is 10.8. The quantitative estimate of drug-likeness (QED) is 0.587. The van der Waals surface area contributed by atoms with Crippen molar-refractivity contribution in [2.24, 2.45) is 5.92 Å². The standard InChI is InChI=1S/C10H13N3O5/c1-7(6-14)5-11-9-3-2-8(12(15)16)4-10(9)13(17)18/h2-4,7,11,14H,5-6H2,1H3. The molecule has 0 saturated carbocycles. The minimum Gasteiger partial charge on any atom is -0.396 e. The van der Waals surface area contributed by atoms with E-state index in [-0.39, 0.29) is 29.6 Å². The molecular weight excluding hydrogens is 242 g/mol. The number of aliphatic hydroxyl groups is 1. The van der Waals surface area contributed by atoms with Crippen molar-refractivity contribution in [3.8, 4) is 0 Å². The van der Waals surface area contributed by atoms with Gasteiger partial charge in [0.1, 0.15) is 5.69 Å². The number of aliphatic hydroxyl groups excluding tert-OH is 1. The maximum atomic E-state index is 10.8. The van der Waals surface area contributed by atoms with Gasteiger partial charge in [-0.15, -0.1) is 0 Å². The van der Waals surface area contributed by atoms with Gasteiger partial charge in [0.05, 0.1) is 15.9 Å². The van der Waals surface area contributed by atoms with Gasteiger partial charge in [0.25, 0.3) is 11.4 Å². The van der Waals surface area contributed by atoms with Crippen molar-refractivity contribution < 1.29 is 15.0 Å². The van der Waals surface area contributed by atoms with Crippen LogP contribution in [0.25, 0.3) is 0 Å². The van der Waals surface area contributed by atoms with Crippen molar-refractivity contribution in [3.05, 3.63) is 38.4 Å². The van der Waals surface area contributed by atoms with E-state index < -0.39 is 9.85 Å². The lowest BCUT2D eigenvalue weighted by Crippen LogP contribution is -2.15. The van der Waals surface area contributed by atoms with Crippen molar-refractivity contribution >= 4 is 17.1 Å². The van der Waals surface area contributed by atoms with Crippen LogP contribution in [0, 0.1) is 26.1 Å². The van der Waals surface area contributed by atoms with Crippen LogP contribution < -0.4 is 5.32 Å². The van der Waals surface area contributed by atoms with Crippen molar-refractivity contribution in [2.45, 2.75) is 6.92 Å². The number of nitro groups is 2. The first-order valence-corrected chi connectivity index (χ1v) is 5.23. The summed E-state index contributed by atoms with van der Waals surface area (Å²) in [4.78, 5) is 20.0. The van der Waals surface area contributed by atoms with Gasteiger partial charge in [-0.3, -0.25) is 20.2 Å². The molecule has 1 aromatic rings. The first-order valence-electron chi connectivity index (χ1n) is 5.23. The van der Waals surface area contributed by atoms with Crippen LogP contribution in [0.3, 0.4) is 0 Å². The molecule has 1 atom stereocenters. The average molecular weight is 255 g/mol. The van der Waals surface area contributed by atoms with Gasteiger partial charge in [0.15, 0.2) is 0 Å². The second kappa shape index (κ2) is 5.92. The Kier molecular flexibility index (Phi) is 4.55. The van der Waals surface area contributed by atoms with E-state index in [1.807, 2.05) is 0 Å². The van der Waals surface area contributed by atoms with Crippen molar-refractivity contribution in [3.63, 3.8) is 0 Å². The lowest BCUT2D eigenvalue weighted by molar-refractivity contribution is -0.393. The van der Waals surface area contributed by atoms with Crippen LogP contribution in [-0.4, -0.2) is 28.1 Å². The molecule has 0 amide bonds. The molecule has 0 aliphatic heterocycles. The summed E-state index contributed by atoms with van der Waals surface area (Å²) >= 11 is 0. The molecule has 8 nitrogen and oxygen atoms in total. The fourth-order valence-corrected chi connectivity index (χ4v) is 1.28. The fraction of sp³-hybridized carbons (Fsp3) is 0.400. The summed E-state index contributed by atoms with van der Waals surface area (Å²) in [5, 5.41) is 33.0. The predicted octanol–water partition coefficient (Wildman–Crippen LogP) is 1.54. The number of nitrogens with zero attached hydrogens (tertiary/aromatic N) is 2. The highest BCUT2D eigenvalue weighted by molar-refractivity contribution is 5.65. The predicted molar refractivity (Wildman–Crippen MR) is 64.5 cm³/mol. The molecule has 0 heterocycles. The zero-order valence-electron chi connectivity index (χ0n) is 9.70. The highest BCUT2D eigenvalue weighted by Crippen LogP contribution is 2.28. The Balaban J connectivity index is 2.97. The van der Waals surface area contributed by atoms with E-state index >= 15 is 0 Å². The summed E-state index contributed by atoms with van der Waals surface area (Å²) in [6, 6.07) is 3.39. The van der Waals surface area contributed by atoms with E-state index in [2.05, 4.69) is 5.32 Å². The third-order valence-corrected chi connectivity index (χ3v) is 2.34. The molecule has 0 spiro atoms. The summed E-state index contributed by atoms with van der Waals surface area (Å²) in [5.41, 5.74) is -0.484. The Morgan fingerprint density at radius 3 is 2.50 bits per heavy atom. The van der Waals surface area contributed by atoms with Crippen molar-refractivity contribution in [2.75, 3.05) is 18.5 Å². The SMILES string of the molecule is CC(CO)CNc1ccc([N+](=O)[O-])cc1[N+](=O)[O-]. The largest absolute Gasteiger partial charge is 0.396 e. The van der Waals surface area contributed by atoms with E-state index in [0.29, 0.717) is 6.54 Å². The molecule has 1 rings (SSSR count). The molecule has 1 unspecified atom stereocenters. The van der Waals surface area contributed by atoms with E-state index in [0.717, 1.165) is 6.07 Å². The third-order valence-electron chi connectivity index (χ3n) is 2.34. The molecule has 1 aromatic carbocycles. The topological polar surface area (TPSA) is 119 Å². The highest BCUT2D eigenvalue weighted by atomic mass is 16.6. The second-order valence-electron chi connectivity index (χ2n) is 3.88. The van der Waals surface area contributed by atoms with Gasteiger partial charge in [-0.05, 0) is 12.0 Å². The Morgan fingerprint density at radius 1 is 1.33 bits per heavy atom. The molecule has 0 radical (unpaired) electrons. The summed E-state index contributed by atoms with van der Waals surface area (Å²) in [6.45, 7) is 2.06.